The number of aryl methyl sites for hydroxylation is 1. The number of carbonyl (C=O) groups is 4. The fourth-order valence-corrected chi connectivity index (χ4v) is 2.56. The highest BCUT2D eigenvalue weighted by Gasteiger charge is 2.19. The molecule has 0 radical (unpaired) electrons. The van der Waals surface area contributed by atoms with Gasteiger partial charge in [0, 0.05) is 18.5 Å². The first kappa shape index (κ1) is 22.1. The molecule has 1 aromatic carbocycles. The van der Waals surface area contributed by atoms with Gasteiger partial charge in [0.05, 0.1) is 0 Å². The summed E-state index contributed by atoms with van der Waals surface area (Å²) in [5, 5.41) is 4.85. The Morgan fingerprint density at radius 3 is 2.37 bits per heavy atom. The summed E-state index contributed by atoms with van der Waals surface area (Å²) >= 11 is 0. The van der Waals surface area contributed by atoms with Gasteiger partial charge in [0.25, 0.3) is 0 Å². The van der Waals surface area contributed by atoms with E-state index in [1.165, 1.54) is 12.1 Å². The molecule has 0 aliphatic carbocycles. The SMILES string of the molecule is NC(=O)CCCCCc1cc(F)cc(NC(=O)[C@H](CCC(N)=O)NC=O)c1. The van der Waals surface area contributed by atoms with Crippen LogP contribution in [0.5, 0.6) is 0 Å². The molecule has 1 rings (SSSR count). The van der Waals surface area contributed by atoms with E-state index in [-0.39, 0.29) is 24.4 Å². The first-order valence-electron chi connectivity index (χ1n) is 8.68. The third-order valence-corrected chi connectivity index (χ3v) is 3.88. The Bertz CT molecular complexity index is 681. The lowest BCUT2D eigenvalue weighted by molar-refractivity contribution is -0.122. The molecule has 27 heavy (non-hydrogen) atoms. The van der Waals surface area contributed by atoms with Crippen LogP contribution in [0.15, 0.2) is 18.2 Å². The molecule has 0 saturated carbocycles. The zero-order valence-corrected chi connectivity index (χ0v) is 15.0. The lowest BCUT2D eigenvalue weighted by Gasteiger charge is -2.16. The van der Waals surface area contributed by atoms with Crippen molar-refractivity contribution in [3.63, 3.8) is 0 Å². The van der Waals surface area contributed by atoms with Crippen LogP contribution >= 0.6 is 0 Å². The Morgan fingerprint density at radius 2 is 1.74 bits per heavy atom. The van der Waals surface area contributed by atoms with Crippen LogP contribution in [-0.2, 0) is 25.6 Å². The van der Waals surface area contributed by atoms with Crippen molar-refractivity contribution >= 4 is 29.8 Å². The zero-order chi connectivity index (χ0) is 20.2. The maximum absolute atomic E-state index is 13.8. The first-order chi connectivity index (χ1) is 12.8. The van der Waals surface area contributed by atoms with E-state index in [1.807, 2.05) is 0 Å². The molecular formula is C18H25FN4O4. The molecule has 0 fully saturated rings. The minimum atomic E-state index is -0.949. The number of carbonyl (C=O) groups excluding carboxylic acids is 4. The molecule has 4 amide bonds. The molecule has 6 N–H and O–H groups in total. The fraction of sp³-hybridized carbons (Fsp3) is 0.444. The summed E-state index contributed by atoms with van der Waals surface area (Å²) in [5.74, 6) is -2.01. The minimum Gasteiger partial charge on any atom is -0.370 e. The Hall–Kier alpha value is -2.97. The Kier molecular flexibility index (Phi) is 9.49. The van der Waals surface area contributed by atoms with Gasteiger partial charge >= 0.3 is 0 Å². The highest BCUT2D eigenvalue weighted by Crippen LogP contribution is 2.17. The van der Waals surface area contributed by atoms with Gasteiger partial charge in [-0.2, -0.15) is 0 Å². The van der Waals surface area contributed by atoms with Crippen LogP contribution in [0.25, 0.3) is 0 Å². The molecule has 0 aromatic heterocycles. The van der Waals surface area contributed by atoms with Crippen LogP contribution in [0.4, 0.5) is 10.1 Å². The third-order valence-electron chi connectivity index (χ3n) is 3.88. The molecule has 9 heteroatoms. The monoisotopic (exact) mass is 380 g/mol. The number of rotatable bonds is 13. The van der Waals surface area contributed by atoms with Crippen molar-refractivity contribution in [2.45, 2.75) is 51.0 Å². The van der Waals surface area contributed by atoms with Gasteiger partial charge in [-0.15, -0.1) is 0 Å². The van der Waals surface area contributed by atoms with Crippen molar-refractivity contribution in [3.8, 4) is 0 Å². The number of amides is 4. The van der Waals surface area contributed by atoms with Gasteiger partial charge in [-0.25, -0.2) is 4.39 Å². The molecule has 0 aliphatic heterocycles. The van der Waals surface area contributed by atoms with Gasteiger partial charge in [0.2, 0.25) is 24.1 Å². The number of primary amides is 2. The number of nitrogens with two attached hydrogens (primary N) is 2. The summed E-state index contributed by atoms with van der Waals surface area (Å²) in [6, 6.07) is 3.23. The normalized spacial score (nSPS) is 11.4. The summed E-state index contributed by atoms with van der Waals surface area (Å²) in [6.07, 6.45) is 3.43. The van der Waals surface area contributed by atoms with Crippen LogP contribution in [-0.4, -0.2) is 30.2 Å². The molecule has 8 nitrogen and oxygen atoms in total. The predicted molar refractivity (Wildman–Crippen MR) is 97.8 cm³/mol. The molecule has 1 aromatic rings. The van der Waals surface area contributed by atoms with Crippen molar-refractivity contribution < 1.29 is 23.6 Å². The lowest BCUT2D eigenvalue weighted by atomic mass is 10.0. The topological polar surface area (TPSA) is 144 Å². The van der Waals surface area contributed by atoms with E-state index in [0.717, 1.165) is 12.8 Å². The van der Waals surface area contributed by atoms with Gasteiger partial charge in [-0.3, -0.25) is 19.2 Å². The average Bonchev–Trinajstić information content (AvgIpc) is 2.57. The van der Waals surface area contributed by atoms with E-state index < -0.39 is 23.7 Å². The van der Waals surface area contributed by atoms with Gasteiger partial charge in [0.15, 0.2) is 0 Å². The van der Waals surface area contributed by atoms with E-state index in [1.54, 1.807) is 6.07 Å². The summed E-state index contributed by atoms with van der Waals surface area (Å²) in [4.78, 5) is 44.4. The number of anilines is 1. The molecular weight excluding hydrogens is 355 g/mol. The number of unbranched alkanes of at least 4 members (excludes halogenated alkanes) is 2. The zero-order valence-electron chi connectivity index (χ0n) is 15.0. The molecule has 0 aliphatic rings. The molecule has 0 bridgehead atoms. The summed E-state index contributed by atoms with van der Waals surface area (Å²) in [6.45, 7) is 0. The van der Waals surface area contributed by atoms with Crippen molar-refractivity contribution in [1.29, 1.82) is 0 Å². The van der Waals surface area contributed by atoms with Crippen molar-refractivity contribution in [2.24, 2.45) is 11.5 Å². The van der Waals surface area contributed by atoms with E-state index in [9.17, 15) is 23.6 Å². The molecule has 148 valence electrons. The smallest absolute Gasteiger partial charge is 0.246 e. The van der Waals surface area contributed by atoms with Crippen LogP contribution in [0.2, 0.25) is 0 Å². The highest BCUT2D eigenvalue weighted by molar-refractivity contribution is 5.96. The maximum Gasteiger partial charge on any atom is 0.246 e. The third kappa shape index (κ3) is 9.34. The number of nitrogens with one attached hydrogen (secondary N) is 2. The van der Waals surface area contributed by atoms with Crippen molar-refractivity contribution in [3.05, 3.63) is 29.6 Å². The largest absolute Gasteiger partial charge is 0.370 e. The molecule has 1 atom stereocenters. The number of halogens is 1. The van der Waals surface area contributed by atoms with Crippen LogP contribution < -0.4 is 22.1 Å². The molecule has 0 heterocycles. The fourth-order valence-electron chi connectivity index (χ4n) is 2.56. The summed E-state index contributed by atoms with van der Waals surface area (Å²) in [5.41, 5.74) is 11.1. The van der Waals surface area contributed by atoms with E-state index >= 15 is 0 Å². The van der Waals surface area contributed by atoms with Gasteiger partial charge in [-0.05, 0) is 49.4 Å². The van der Waals surface area contributed by atoms with Gasteiger partial charge in [0.1, 0.15) is 11.9 Å². The van der Waals surface area contributed by atoms with Crippen molar-refractivity contribution in [1.82, 2.24) is 5.32 Å². The van der Waals surface area contributed by atoms with Crippen LogP contribution in [0.1, 0.15) is 44.1 Å². The second kappa shape index (κ2) is 11.6. The Labute approximate surface area is 156 Å². The predicted octanol–water partition coefficient (Wildman–Crippen LogP) is 0.733. The quantitative estimate of drug-likeness (QED) is 0.295. The van der Waals surface area contributed by atoms with E-state index in [2.05, 4.69) is 10.6 Å². The molecule has 0 unspecified atom stereocenters. The van der Waals surface area contributed by atoms with E-state index in [4.69, 9.17) is 11.5 Å². The number of hydrogen-bond acceptors (Lipinski definition) is 4. The van der Waals surface area contributed by atoms with Crippen molar-refractivity contribution in [2.75, 3.05) is 5.32 Å². The van der Waals surface area contributed by atoms with Gasteiger partial charge in [-0.1, -0.05) is 6.42 Å². The second-order valence-corrected chi connectivity index (χ2v) is 6.21. The number of benzene rings is 1. The first-order valence-corrected chi connectivity index (χ1v) is 8.68. The highest BCUT2D eigenvalue weighted by atomic mass is 19.1. The molecule has 0 saturated heterocycles. The number of hydrogen-bond donors (Lipinski definition) is 4. The van der Waals surface area contributed by atoms with Crippen LogP contribution in [0.3, 0.4) is 0 Å². The minimum absolute atomic E-state index is 0.0436. The summed E-state index contributed by atoms with van der Waals surface area (Å²) < 4.78 is 13.8. The second-order valence-electron chi connectivity index (χ2n) is 6.21. The van der Waals surface area contributed by atoms with Crippen LogP contribution in [0, 0.1) is 5.82 Å². The lowest BCUT2D eigenvalue weighted by Crippen LogP contribution is -2.40. The Balaban J connectivity index is 2.65. The standard InChI is InChI=1S/C18H25FN4O4/c19-13-8-12(4-2-1-3-5-16(20)25)9-14(10-13)23-18(27)15(22-11-24)6-7-17(21)26/h8-11,15H,1-7H2,(H2,20,25)(H2,21,26)(H,22,24)(H,23,27)/t15-/m0/s1. The summed E-state index contributed by atoms with van der Waals surface area (Å²) in [7, 11) is 0. The maximum atomic E-state index is 13.8. The molecule has 0 spiro atoms. The Morgan fingerprint density at radius 1 is 1.04 bits per heavy atom. The van der Waals surface area contributed by atoms with E-state index in [0.29, 0.717) is 31.2 Å². The van der Waals surface area contributed by atoms with Gasteiger partial charge < -0.3 is 22.1 Å². The average molecular weight is 380 g/mol.